The molecule has 0 bridgehead atoms. The molecule has 5 heteroatoms. The molecule has 1 atom stereocenters. The maximum Gasteiger partial charge on any atom is 0.252 e. The van der Waals surface area contributed by atoms with E-state index in [0.717, 1.165) is 23.5 Å². The highest BCUT2D eigenvalue weighted by Crippen LogP contribution is 2.35. The third-order valence-corrected chi connectivity index (χ3v) is 7.59. The Hall–Kier alpha value is 0.597. The number of benzene rings is 1. The Kier molecular flexibility index (Phi) is 6.68. The Labute approximate surface area is 124 Å². The van der Waals surface area contributed by atoms with Gasteiger partial charge in [0.15, 0.2) is 0 Å². The quantitative estimate of drug-likeness (QED) is 0.341. The molecule has 0 nitrogen and oxygen atoms in total. The van der Waals surface area contributed by atoms with Crippen molar-refractivity contribution in [3.05, 3.63) is 34.9 Å². The fourth-order valence-electron chi connectivity index (χ4n) is 1.78. The number of alkyl halides is 1. The molecule has 0 saturated heterocycles. The highest BCUT2D eigenvalue weighted by Gasteiger charge is 2.30. The Bertz CT molecular complexity index is 337. The summed E-state index contributed by atoms with van der Waals surface area (Å²) in [6.07, 6.45) is 0.897. The molecular formula is C12H16Cl4Si. The van der Waals surface area contributed by atoms with Gasteiger partial charge < -0.3 is 0 Å². The largest absolute Gasteiger partial charge is 0.252 e. The molecule has 17 heavy (non-hydrogen) atoms. The molecule has 0 amide bonds. The average molecular weight is 330 g/mol. The van der Waals surface area contributed by atoms with E-state index in [9.17, 15) is 0 Å². The van der Waals surface area contributed by atoms with E-state index in [2.05, 4.69) is 6.92 Å². The summed E-state index contributed by atoms with van der Waals surface area (Å²) in [4.78, 5) is 0. The van der Waals surface area contributed by atoms with Crippen molar-refractivity contribution in [2.24, 2.45) is 0 Å². The predicted octanol–water partition coefficient (Wildman–Crippen LogP) is 5.99. The van der Waals surface area contributed by atoms with Crippen LogP contribution in [0.25, 0.3) is 0 Å². The first-order chi connectivity index (χ1) is 7.94. The molecule has 0 fully saturated rings. The van der Waals surface area contributed by atoms with Crippen LogP contribution in [-0.4, -0.2) is 12.6 Å². The van der Waals surface area contributed by atoms with Crippen LogP contribution >= 0.6 is 45.4 Å². The second-order valence-electron chi connectivity index (χ2n) is 4.31. The van der Waals surface area contributed by atoms with Crippen molar-refractivity contribution in [3.63, 3.8) is 0 Å². The topological polar surface area (TPSA) is 0 Å². The molecule has 0 aliphatic rings. The zero-order valence-electron chi connectivity index (χ0n) is 9.73. The van der Waals surface area contributed by atoms with Crippen molar-refractivity contribution in [1.29, 1.82) is 0 Å². The van der Waals surface area contributed by atoms with Crippen LogP contribution < -0.4 is 0 Å². The van der Waals surface area contributed by atoms with Crippen LogP contribution in [-0.2, 0) is 0 Å². The summed E-state index contributed by atoms with van der Waals surface area (Å²) in [6, 6.07) is 9.58. The molecule has 1 aromatic rings. The Balaban J connectivity index is 2.58. The third kappa shape index (κ3) is 5.85. The normalized spacial score (nSPS) is 13.7. The van der Waals surface area contributed by atoms with Gasteiger partial charge in [-0.25, -0.2) is 0 Å². The van der Waals surface area contributed by atoms with Gasteiger partial charge in [-0.2, -0.15) is 0 Å². The van der Waals surface area contributed by atoms with E-state index < -0.39 is 6.69 Å². The Morgan fingerprint density at radius 2 is 1.76 bits per heavy atom. The summed E-state index contributed by atoms with van der Waals surface area (Å²) in [5.41, 5.74) is 1.23. The highest BCUT2D eigenvalue weighted by molar-refractivity contribution is 7.45. The molecule has 1 unspecified atom stereocenters. The summed E-state index contributed by atoms with van der Waals surface area (Å²) in [5, 5.41) is 0.753. The van der Waals surface area contributed by atoms with E-state index in [1.165, 1.54) is 5.56 Å². The van der Waals surface area contributed by atoms with E-state index in [1.807, 2.05) is 24.3 Å². The van der Waals surface area contributed by atoms with Crippen molar-refractivity contribution in [2.45, 2.75) is 31.4 Å². The zero-order valence-corrected chi connectivity index (χ0v) is 13.8. The first-order valence-electron chi connectivity index (χ1n) is 5.64. The molecule has 1 aromatic carbocycles. The van der Waals surface area contributed by atoms with Crippen LogP contribution in [0.1, 0.15) is 24.8 Å². The van der Waals surface area contributed by atoms with Crippen LogP contribution in [0.3, 0.4) is 0 Å². The van der Waals surface area contributed by atoms with Gasteiger partial charge in [0.1, 0.15) is 0 Å². The fourth-order valence-corrected chi connectivity index (χ4v) is 6.49. The van der Waals surface area contributed by atoms with E-state index in [0.29, 0.717) is 11.8 Å². The Morgan fingerprint density at radius 3 is 2.29 bits per heavy atom. The minimum atomic E-state index is -2.16. The van der Waals surface area contributed by atoms with Crippen LogP contribution in [0, 0.1) is 0 Å². The fraction of sp³-hybridized carbons (Fsp3) is 0.500. The lowest BCUT2D eigenvalue weighted by molar-refractivity contribution is 0.847. The maximum atomic E-state index is 6.41. The van der Waals surface area contributed by atoms with Crippen LogP contribution in [0.4, 0.5) is 0 Å². The summed E-state index contributed by atoms with van der Waals surface area (Å²) in [7, 11) is 0. The molecule has 0 aromatic heterocycles. The minimum Gasteiger partial charge on any atom is -0.146 e. The van der Waals surface area contributed by atoms with Crippen molar-refractivity contribution >= 4 is 52.1 Å². The molecule has 0 radical (unpaired) electrons. The summed E-state index contributed by atoms with van der Waals surface area (Å²) >= 11 is 24.3. The number of halogens is 4. The van der Waals surface area contributed by atoms with Gasteiger partial charge in [0.2, 0.25) is 0 Å². The van der Waals surface area contributed by atoms with E-state index in [-0.39, 0.29) is 0 Å². The van der Waals surface area contributed by atoms with Gasteiger partial charge in [-0.3, -0.25) is 0 Å². The molecule has 1 rings (SSSR count). The number of hydrogen-bond donors (Lipinski definition) is 0. The molecule has 0 saturated carbocycles. The van der Waals surface area contributed by atoms with E-state index in [4.69, 9.17) is 45.4 Å². The summed E-state index contributed by atoms with van der Waals surface area (Å²) in [6.45, 7) is -0.00749. The maximum absolute atomic E-state index is 6.41. The Morgan fingerprint density at radius 1 is 1.18 bits per heavy atom. The lowest BCUT2D eigenvalue weighted by Gasteiger charge is -2.21. The first kappa shape index (κ1) is 15.7. The van der Waals surface area contributed by atoms with Gasteiger partial charge >= 0.3 is 0 Å². The first-order valence-corrected chi connectivity index (χ1v) is 11.0. The minimum absolute atomic E-state index is 0.365. The molecular weight excluding hydrogens is 314 g/mol. The van der Waals surface area contributed by atoms with Crippen LogP contribution in [0.15, 0.2) is 24.3 Å². The lowest BCUT2D eigenvalue weighted by Crippen LogP contribution is -2.21. The highest BCUT2D eigenvalue weighted by atomic mass is 35.7. The summed E-state index contributed by atoms with van der Waals surface area (Å²) < 4.78 is 0. The van der Waals surface area contributed by atoms with Gasteiger partial charge in [-0.05, 0) is 42.1 Å². The molecule has 0 aliphatic heterocycles. The standard InChI is InChI=1S/C12H16Cl4Si/c1-10(9-17(15,16)8-2-7-13)11-3-5-12(14)6-4-11/h3-6,10H,2,7-9H2,1H3. The zero-order chi connectivity index (χ0) is 12.9. The van der Waals surface area contributed by atoms with Gasteiger partial charge in [0, 0.05) is 10.9 Å². The monoisotopic (exact) mass is 328 g/mol. The second kappa shape index (κ2) is 7.25. The molecule has 0 heterocycles. The van der Waals surface area contributed by atoms with Crippen molar-refractivity contribution in [2.75, 3.05) is 5.88 Å². The van der Waals surface area contributed by atoms with Crippen molar-refractivity contribution < 1.29 is 0 Å². The van der Waals surface area contributed by atoms with E-state index >= 15 is 0 Å². The van der Waals surface area contributed by atoms with Crippen LogP contribution in [0.2, 0.25) is 17.1 Å². The number of rotatable bonds is 6. The molecule has 96 valence electrons. The van der Waals surface area contributed by atoms with Gasteiger partial charge in [0.25, 0.3) is 6.69 Å². The number of hydrogen-bond acceptors (Lipinski definition) is 0. The summed E-state index contributed by atoms with van der Waals surface area (Å²) in [5.74, 6) is 0.994. The third-order valence-electron chi connectivity index (χ3n) is 2.72. The smallest absolute Gasteiger partial charge is 0.146 e. The van der Waals surface area contributed by atoms with E-state index in [1.54, 1.807) is 0 Å². The lowest BCUT2D eigenvalue weighted by atomic mass is 10.0. The van der Waals surface area contributed by atoms with Gasteiger partial charge in [0.05, 0.1) is 0 Å². The average Bonchev–Trinajstić information content (AvgIpc) is 2.26. The van der Waals surface area contributed by atoms with Crippen LogP contribution in [0.5, 0.6) is 0 Å². The predicted molar refractivity (Wildman–Crippen MR) is 82.3 cm³/mol. The second-order valence-corrected chi connectivity index (χ2v) is 12.7. The molecule has 0 aliphatic carbocycles. The van der Waals surface area contributed by atoms with Gasteiger partial charge in [-0.15, -0.1) is 33.8 Å². The van der Waals surface area contributed by atoms with Crippen molar-refractivity contribution in [1.82, 2.24) is 0 Å². The molecule has 0 N–H and O–H groups in total. The molecule has 0 spiro atoms. The SMILES string of the molecule is CC(C[Si](Cl)(Cl)CCCCl)c1ccc(Cl)cc1. The van der Waals surface area contributed by atoms with Crippen molar-refractivity contribution in [3.8, 4) is 0 Å². The van der Waals surface area contributed by atoms with Gasteiger partial charge in [-0.1, -0.05) is 30.7 Å².